The highest BCUT2D eigenvalue weighted by Gasteiger charge is 2.27. The maximum absolute atomic E-state index is 13.4. The van der Waals surface area contributed by atoms with Gasteiger partial charge in [-0.25, -0.2) is 4.98 Å². The average Bonchev–Trinajstić information content (AvgIpc) is 2.73. The highest BCUT2D eigenvalue weighted by Crippen LogP contribution is 2.27. The van der Waals surface area contributed by atoms with Crippen LogP contribution in [0, 0.1) is 5.92 Å². The number of rotatable bonds is 4. The monoisotopic (exact) mass is 374 g/mol. The molecule has 1 unspecified atom stereocenters. The lowest BCUT2D eigenvalue weighted by molar-refractivity contribution is -0.119. The predicted octanol–water partition coefficient (Wildman–Crippen LogP) is 3.02. The average molecular weight is 374 g/mol. The largest absolute Gasteiger partial charge is 0.370 e. The molecule has 0 saturated carbocycles. The van der Waals surface area contributed by atoms with E-state index >= 15 is 0 Å². The molecule has 0 radical (unpaired) electrons. The fraction of sp³-hybridized carbons (Fsp3) is 0.273. The van der Waals surface area contributed by atoms with Crippen molar-refractivity contribution in [2.24, 2.45) is 11.7 Å². The van der Waals surface area contributed by atoms with Gasteiger partial charge in [0.25, 0.3) is 5.91 Å². The van der Waals surface area contributed by atoms with Gasteiger partial charge in [-0.05, 0) is 43.0 Å². The van der Waals surface area contributed by atoms with Crippen LogP contribution in [0.15, 0.2) is 54.9 Å². The number of hydrogen-bond acceptors (Lipinski definition) is 4. The Labute approximate surface area is 163 Å². The highest BCUT2D eigenvalue weighted by atomic mass is 16.2. The number of piperidine rings is 1. The minimum atomic E-state index is -0.311. The third kappa shape index (κ3) is 3.71. The van der Waals surface area contributed by atoms with E-state index in [4.69, 9.17) is 10.7 Å². The third-order valence-corrected chi connectivity index (χ3v) is 5.22. The SMILES string of the molecule is NC(=O)CC1CCCN(C(=O)c2cc(-c3ccncc3)nc3ccccc23)C1. The number of benzene rings is 1. The van der Waals surface area contributed by atoms with E-state index in [1.807, 2.05) is 47.4 Å². The van der Waals surface area contributed by atoms with E-state index in [9.17, 15) is 9.59 Å². The van der Waals surface area contributed by atoms with Gasteiger partial charge < -0.3 is 10.6 Å². The third-order valence-electron chi connectivity index (χ3n) is 5.22. The molecule has 28 heavy (non-hydrogen) atoms. The number of primary amides is 1. The molecule has 0 spiro atoms. The molecule has 3 aromatic rings. The van der Waals surface area contributed by atoms with Gasteiger partial charge in [-0.2, -0.15) is 0 Å². The molecule has 0 aliphatic carbocycles. The topological polar surface area (TPSA) is 89.2 Å². The van der Waals surface area contributed by atoms with Crippen molar-refractivity contribution in [1.29, 1.82) is 0 Å². The van der Waals surface area contributed by atoms with Crippen LogP contribution in [0.1, 0.15) is 29.6 Å². The Hall–Kier alpha value is -3.28. The zero-order valence-corrected chi connectivity index (χ0v) is 15.5. The van der Waals surface area contributed by atoms with Crippen molar-refractivity contribution in [3.05, 3.63) is 60.4 Å². The van der Waals surface area contributed by atoms with Crippen LogP contribution < -0.4 is 5.73 Å². The second kappa shape index (κ2) is 7.76. The number of likely N-dealkylation sites (tertiary alicyclic amines) is 1. The smallest absolute Gasteiger partial charge is 0.254 e. The Morgan fingerprint density at radius 1 is 1.14 bits per heavy atom. The van der Waals surface area contributed by atoms with Crippen molar-refractivity contribution >= 4 is 22.7 Å². The number of pyridine rings is 2. The van der Waals surface area contributed by atoms with E-state index in [1.54, 1.807) is 12.4 Å². The summed E-state index contributed by atoms with van der Waals surface area (Å²) in [4.78, 5) is 35.3. The molecule has 2 aromatic heterocycles. The van der Waals surface area contributed by atoms with E-state index in [2.05, 4.69) is 4.98 Å². The minimum absolute atomic E-state index is 0.0249. The summed E-state index contributed by atoms with van der Waals surface area (Å²) in [6.07, 6.45) is 5.55. The molecule has 3 heterocycles. The second-order valence-corrected chi connectivity index (χ2v) is 7.24. The van der Waals surface area contributed by atoms with E-state index in [0.717, 1.165) is 35.0 Å². The summed E-state index contributed by atoms with van der Waals surface area (Å²) in [5.41, 5.74) is 8.44. The van der Waals surface area contributed by atoms with Crippen LogP contribution >= 0.6 is 0 Å². The molecule has 1 fully saturated rings. The minimum Gasteiger partial charge on any atom is -0.370 e. The molecule has 1 saturated heterocycles. The Morgan fingerprint density at radius 2 is 1.93 bits per heavy atom. The standard InChI is InChI=1S/C22H22N4O2/c23-21(27)12-15-4-3-11-26(14-15)22(28)18-13-20(16-7-9-24-10-8-16)25-19-6-2-1-5-17(18)19/h1-2,5-10,13,15H,3-4,11-12,14H2,(H2,23,27). The maximum atomic E-state index is 13.4. The van der Waals surface area contributed by atoms with Crippen molar-refractivity contribution in [3.8, 4) is 11.3 Å². The normalized spacial score (nSPS) is 16.9. The van der Waals surface area contributed by atoms with Gasteiger partial charge in [0.15, 0.2) is 0 Å². The number of para-hydroxylation sites is 1. The van der Waals surface area contributed by atoms with E-state index < -0.39 is 0 Å². The quantitative estimate of drug-likeness (QED) is 0.760. The summed E-state index contributed by atoms with van der Waals surface area (Å²) in [5, 5.41) is 0.835. The summed E-state index contributed by atoms with van der Waals surface area (Å²) in [6.45, 7) is 1.25. The highest BCUT2D eigenvalue weighted by molar-refractivity contribution is 6.07. The molecular formula is C22H22N4O2. The summed E-state index contributed by atoms with van der Waals surface area (Å²) in [5.74, 6) is -0.209. The fourth-order valence-electron chi connectivity index (χ4n) is 3.89. The van der Waals surface area contributed by atoms with Crippen LogP contribution in [0.4, 0.5) is 0 Å². The van der Waals surface area contributed by atoms with Crippen molar-refractivity contribution in [1.82, 2.24) is 14.9 Å². The molecule has 1 aliphatic heterocycles. The molecule has 1 aliphatic rings. The Kier molecular flexibility index (Phi) is 5.02. The number of aromatic nitrogens is 2. The predicted molar refractivity (Wildman–Crippen MR) is 107 cm³/mol. The second-order valence-electron chi connectivity index (χ2n) is 7.24. The Bertz CT molecular complexity index is 1020. The molecular weight excluding hydrogens is 352 g/mol. The first-order valence-electron chi connectivity index (χ1n) is 9.49. The van der Waals surface area contributed by atoms with E-state index in [1.165, 1.54) is 0 Å². The summed E-state index contributed by atoms with van der Waals surface area (Å²) in [6, 6.07) is 13.3. The molecule has 0 bridgehead atoms. The van der Waals surface area contributed by atoms with Crippen molar-refractivity contribution in [2.75, 3.05) is 13.1 Å². The van der Waals surface area contributed by atoms with Gasteiger partial charge in [0.2, 0.25) is 5.91 Å². The van der Waals surface area contributed by atoms with Crippen molar-refractivity contribution < 1.29 is 9.59 Å². The van der Waals surface area contributed by atoms with Gasteiger partial charge in [-0.1, -0.05) is 18.2 Å². The first kappa shape index (κ1) is 18.1. The molecule has 1 atom stereocenters. The Balaban J connectivity index is 1.72. The molecule has 142 valence electrons. The number of carbonyl (C=O) groups is 2. The van der Waals surface area contributed by atoms with Crippen molar-refractivity contribution in [2.45, 2.75) is 19.3 Å². The first-order valence-corrected chi connectivity index (χ1v) is 9.49. The lowest BCUT2D eigenvalue weighted by atomic mass is 9.93. The van der Waals surface area contributed by atoms with Crippen LogP contribution in [0.25, 0.3) is 22.2 Å². The first-order chi connectivity index (χ1) is 13.6. The number of nitrogens with zero attached hydrogens (tertiary/aromatic N) is 3. The summed E-state index contributed by atoms with van der Waals surface area (Å²) >= 11 is 0. The van der Waals surface area contributed by atoms with Gasteiger partial charge in [0.05, 0.1) is 16.8 Å². The Morgan fingerprint density at radius 3 is 2.71 bits per heavy atom. The number of nitrogens with two attached hydrogens (primary N) is 1. The number of hydrogen-bond donors (Lipinski definition) is 1. The van der Waals surface area contributed by atoms with Crippen LogP contribution in [0.5, 0.6) is 0 Å². The molecule has 2 amide bonds. The molecule has 1 aromatic carbocycles. The van der Waals surface area contributed by atoms with Crippen LogP contribution in [-0.2, 0) is 4.79 Å². The summed E-state index contributed by atoms with van der Waals surface area (Å²) in [7, 11) is 0. The van der Waals surface area contributed by atoms with Gasteiger partial charge >= 0.3 is 0 Å². The zero-order chi connectivity index (χ0) is 19.5. The van der Waals surface area contributed by atoms with Crippen LogP contribution in [0.3, 0.4) is 0 Å². The molecule has 6 heteroatoms. The van der Waals surface area contributed by atoms with Gasteiger partial charge in [0.1, 0.15) is 0 Å². The van der Waals surface area contributed by atoms with Crippen LogP contribution in [-0.4, -0.2) is 39.8 Å². The lowest BCUT2D eigenvalue weighted by Gasteiger charge is -2.32. The van der Waals surface area contributed by atoms with E-state index in [0.29, 0.717) is 25.1 Å². The number of amides is 2. The summed E-state index contributed by atoms with van der Waals surface area (Å²) < 4.78 is 0. The van der Waals surface area contributed by atoms with Gasteiger partial charge in [-0.15, -0.1) is 0 Å². The van der Waals surface area contributed by atoms with E-state index in [-0.39, 0.29) is 17.7 Å². The van der Waals surface area contributed by atoms with Gasteiger partial charge in [-0.3, -0.25) is 14.6 Å². The van der Waals surface area contributed by atoms with Gasteiger partial charge in [0, 0.05) is 42.9 Å². The zero-order valence-electron chi connectivity index (χ0n) is 15.5. The van der Waals surface area contributed by atoms with Crippen LogP contribution in [0.2, 0.25) is 0 Å². The number of carbonyl (C=O) groups excluding carboxylic acids is 2. The molecule has 2 N–H and O–H groups in total. The molecule has 6 nitrogen and oxygen atoms in total. The maximum Gasteiger partial charge on any atom is 0.254 e. The van der Waals surface area contributed by atoms with Crippen molar-refractivity contribution in [3.63, 3.8) is 0 Å². The lowest BCUT2D eigenvalue weighted by Crippen LogP contribution is -2.41. The number of fused-ring (bicyclic) bond motifs is 1. The molecule has 4 rings (SSSR count). The fourth-order valence-corrected chi connectivity index (χ4v) is 3.89.